The summed E-state index contributed by atoms with van der Waals surface area (Å²) in [5, 5.41) is 0. The predicted molar refractivity (Wildman–Crippen MR) is 96.4 cm³/mol. The van der Waals surface area contributed by atoms with E-state index in [2.05, 4.69) is 59.5 Å². The fourth-order valence-corrected chi connectivity index (χ4v) is 4.62. The van der Waals surface area contributed by atoms with Gasteiger partial charge < -0.3 is 4.90 Å². The van der Waals surface area contributed by atoms with Crippen LogP contribution in [0.2, 0.25) is 0 Å². The van der Waals surface area contributed by atoms with Crippen molar-refractivity contribution in [2.45, 2.75) is 44.7 Å². The number of carbonyl (C=O) groups excluding carboxylic acids is 1. The first-order valence-electron chi connectivity index (χ1n) is 9.17. The van der Waals surface area contributed by atoms with Gasteiger partial charge in [-0.25, -0.2) is 0 Å². The van der Waals surface area contributed by atoms with Crippen molar-refractivity contribution in [3.8, 4) is 0 Å². The molecule has 1 aliphatic heterocycles. The summed E-state index contributed by atoms with van der Waals surface area (Å²) in [4.78, 5) is 14.7. The van der Waals surface area contributed by atoms with E-state index in [1.165, 1.54) is 30.4 Å². The summed E-state index contributed by atoms with van der Waals surface area (Å²) < 4.78 is 0. The molecule has 1 heterocycles. The first-order chi connectivity index (χ1) is 11.8. The van der Waals surface area contributed by atoms with Crippen LogP contribution < -0.4 is 0 Å². The van der Waals surface area contributed by atoms with E-state index in [-0.39, 0.29) is 0 Å². The van der Waals surface area contributed by atoms with Gasteiger partial charge in [-0.3, -0.25) is 4.79 Å². The number of likely N-dealkylation sites (tertiary alicyclic amines) is 1. The molecule has 2 aromatic carbocycles. The van der Waals surface area contributed by atoms with Crippen LogP contribution in [0.3, 0.4) is 0 Å². The average Bonchev–Trinajstić information content (AvgIpc) is 2.92. The van der Waals surface area contributed by atoms with Gasteiger partial charge in [-0.1, -0.05) is 60.7 Å². The summed E-state index contributed by atoms with van der Waals surface area (Å²) in [7, 11) is 0. The topological polar surface area (TPSA) is 20.3 Å². The van der Waals surface area contributed by atoms with Crippen molar-refractivity contribution < 1.29 is 4.79 Å². The molecule has 0 N–H and O–H groups in total. The molecular formula is C22H25NO. The van der Waals surface area contributed by atoms with Crippen molar-refractivity contribution in [2.75, 3.05) is 0 Å². The van der Waals surface area contributed by atoms with E-state index in [1.54, 1.807) is 0 Å². The van der Waals surface area contributed by atoms with E-state index in [0.717, 1.165) is 25.3 Å². The van der Waals surface area contributed by atoms with Crippen molar-refractivity contribution in [2.24, 2.45) is 11.8 Å². The molecule has 2 heteroatoms. The van der Waals surface area contributed by atoms with Crippen LogP contribution in [0.15, 0.2) is 60.7 Å². The first kappa shape index (κ1) is 15.4. The molecule has 3 atom stereocenters. The summed E-state index contributed by atoms with van der Waals surface area (Å²) in [6.45, 7) is 0.782. The Bertz CT molecular complexity index is 682. The van der Waals surface area contributed by atoms with E-state index in [0.29, 0.717) is 17.9 Å². The highest BCUT2D eigenvalue weighted by Gasteiger charge is 2.42. The molecule has 1 amide bonds. The SMILES string of the molecule is O=C1CC2CC(Cc3ccccc3)CCC2N1Cc1ccccc1. The Kier molecular flexibility index (Phi) is 4.38. The zero-order valence-corrected chi connectivity index (χ0v) is 14.1. The lowest BCUT2D eigenvalue weighted by Gasteiger charge is -2.35. The molecular weight excluding hydrogens is 294 g/mol. The number of nitrogens with zero attached hydrogens (tertiary/aromatic N) is 1. The Labute approximate surface area is 144 Å². The molecule has 1 aliphatic carbocycles. The zero-order valence-electron chi connectivity index (χ0n) is 14.1. The van der Waals surface area contributed by atoms with E-state index in [4.69, 9.17) is 0 Å². The van der Waals surface area contributed by atoms with Gasteiger partial charge >= 0.3 is 0 Å². The van der Waals surface area contributed by atoms with Gasteiger partial charge in [0.15, 0.2) is 0 Å². The Morgan fingerprint density at radius 1 is 0.875 bits per heavy atom. The Hall–Kier alpha value is -2.09. The Balaban J connectivity index is 1.40. The normalized spacial score (nSPS) is 26.4. The molecule has 3 unspecified atom stereocenters. The van der Waals surface area contributed by atoms with Crippen LogP contribution in [0.25, 0.3) is 0 Å². The number of amides is 1. The van der Waals surface area contributed by atoms with Crippen molar-refractivity contribution in [3.63, 3.8) is 0 Å². The Morgan fingerprint density at radius 2 is 1.54 bits per heavy atom. The van der Waals surface area contributed by atoms with Gasteiger partial charge in [-0.05, 0) is 48.6 Å². The second-order valence-corrected chi connectivity index (χ2v) is 7.41. The van der Waals surface area contributed by atoms with E-state index >= 15 is 0 Å². The van der Waals surface area contributed by atoms with Crippen LogP contribution in [-0.2, 0) is 17.8 Å². The predicted octanol–water partition coefficient (Wildman–Crippen LogP) is 4.45. The smallest absolute Gasteiger partial charge is 0.223 e. The van der Waals surface area contributed by atoms with Gasteiger partial charge in [-0.15, -0.1) is 0 Å². The highest BCUT2D eigenvalue weighted by Crippen LogP contribution is 2.41. The number of carbonyl (C=O) groups is 1. The molecule has 0 aromatic heterocycles. The minimum absolute atomic E-state index is 0.356. The summed E-state index contributed by atoms with van der Waals surface area (Å²) >= 11 is 0. The molecule has 1 saturated heterocycles. The van der Waals surface area contributed by atoms with Crippen molar-refractivity contribution in [1.82, 2.24) is 4.90 Å². The highest BCUT2D eigenvalue weighted by molar-refractivity contribution is 5.79. The van der Waals surface area contributed by atoms with Crippen LogP contribution in [0.5, 0.6) is 0 Å². The van der Waals surface area contributed by atoms with Crippen LogP contribution in [0.1, 0.15) is 36.8 Å². The lowest BCUT2D eigenvalue weighted by molar-refractivity contribution is -0.129. The quantitative estimate of drug-likeness (QED) is 0.815. The highest BCUT2D eigenvalue weighted by atomic mass is 16.2. The summed E-state index contributed by atoms with van der Waals surface area (Å²) in [5.74, 6) is 1.65. The molecule has 2 aliphatic rings. The molecule has 2 aromatic rings. The van der Waals surface area contributed by atoms with E-state index < -0.39 is 0 Å². The van der Waals surface area contributed by atoms with E-state index in [1.807, 2.05) is 6.07 Å². The lowest BCUT2D eigenvalue weighted by Crippen LogP contribution is -2.38. The number of hydrogen-bond acceptors (Lipinski definition) is 1. The molecule has 0 radical (unpaired) electrons. The van der Waals surface area contributed by atoms with Crippen LogP contribution in [0, 0.1) is 11.8 Å². The number of rotatable bonds is 4. The van der Waals surface area contributed by atoms with Gasteiger partial charge in [0.1, 0.15) is 0 Å². The van der Waals surface area contributed by atoms with Crippen molar-refractivity contribution in [3.05, 3.63) is 71.8 Å². The maximum absolute atomic E-state index is 12.5. The maximum Gasteiger partial charge on any atom is 0.223 e. The molecule has 0 bridgehead atoms. The van der Waals surface area contributed by atoms with Crippen LogP contribution >= 0.6 is 0 Å². The Morgan fingerprint density at radius 3 is 2.25 bits per heavy atom. The third kappa shape index (κ3) is 3.24. The molecule has 124 valence electrons. The molecule has 2 fully saturated rings. The minimum Gasteiger partial charge on any atom is -0.335 e. The van der Waals surface area contributed by atoms with Crippen molar-refractivity contribution >= 4 is 5.91 Å². The van der Waals surface area contributed by atoms with Crippen molar-refractivity contribution in [1.29, 1.82) is 0 Å². The zero-order chi connectivity index (χ0) is 16.4. The second-order valence-electron chi connectivity index (χ2n) is 7.41. The largest absolute Gasteiger partial charge is 0.335 e. The minimum atomic E-state index is 0.356. The second kappa shape index (κ2) is 6.80. The van der Waals surface area contributed by atoms with Gasteiger partial charge in [0.25, 0.3) is 0 Å². The molecule has 24 heavy (non-hydrogen) atoms. The standard InChI is InChI=1S/C22H25NO/c24-22-15-20-14-19(13-17-7-3-1-4-8-17)11-12-21(20)23(22)16-18-9-5-2-6-10-18/h1-10,19-21H,11-16H2. The summed E-state index contributed by atoms with van der Waals surface area (Å²) in [6, 6.07) is 21.7. The average molecular weight is 319 g/mol. The first-order valence-corrected chi connectivity index (χ1v) is 9.17. The maximum atomic E-state index is 12.5. The lowest BCUT2D eigenvalue weighted by atomic mass is 9.76. The van der Waals surface area contributed by atoms with Crippen LogP contribution in [-0.4, -0.2) is 16.8 Å². The number of benzene rings is 2. The van der Waals surface area contributed by atoms with Gasteiger partial charge in [0.05, 0.1) is 0 Å². The molecule has 2 nitrogen and oxygen atoms in total. The van der Waals surface area contributed by atoms with Crippen LogP contribution in [0.4, 0.5) is 0 Å². The van der Waals surface area contributed by atoms with E-state index in [9.17, 15) is 4.79 Å². The van der Waals surface area contributed by atoms with Gasteiger partial charge in [0.2, 0.25) is 5.91 Å². The molecule has 4 rings (SSSR count). The third-order valence-corrected chi connectivity index (χ3v) is 5.77. The molecule has 0 spiro atoms. The third-order valence-electron chi connectivity index (χ3n) is 5.77. The van der Waals surface area contributed by atoms with Gasteiger partial charge in [-0.2, -0.15) is 0 Å². The van der Waals surface area contributed by atoms with Gasteiger partial charge in [0, 0.05) is 19.0 Å². The summed E-state index contributed by atoms with van der Waals surface area (Å²) in [5.41, 5.74) is 2.68. The number of fused-ring (bicyclic) bond motifs is 1. The summed E-state index contributed by atoms with van der Waals surface area (Å²) in [6.07, 6.45) is 5.53. The fourth-order valence-electron chi connectivity index (χ4n) is 4.62. The monoisotopic (exact) mass is 319 g/mol. The number of hydrogen-bond donors (Lipinski definition) is 0. The fraction of sp³-hybridized carbons (Fsp3) is 0.409. The molecule has 1 saturated carbocycles.